The highest BCUT2D eigenvalue weighted by Gasteiger charge is 2.22. The number of rotatable bonds is 9. The SMILES string of the molecule is CCSCCC(N)C(O)C(=O)NNCc1cccc(N)c1. The second-order valence-electron chi connectivity index (χ2n) is 4.68. The maximum atomic E-state index is 11.7. The molecule has 2 unspecified atom stereocenters. The molecule has 7 heteroatoms. The Kier molecular flexibility index (Phi) is 8.14. The minimum absolute atomic E-state index is 0.421. The summed E-state index contributed by atoms with van der Waals surface area (Å²) in [6, 6.07) is 6.77. The van der Waals surface area contributed by atoms with Crippen molar-refractivity contribution < 1.29 is 9.90 Å². The number of hydrogen-bond acceptors (Lipinski definition) is 6. The van der Waals surface area contributed by atoms with Gasteiger partial charge in [-0.25, -0.2) is 5.43 Å². The van der Waals surface area contributed by atoms with Crippen LogP contribution in [0.3, 0.4) is 0 Å². The lowest BCUT2D eigenvalue weighted by molar-refractivity contribution is -0.131. The van der Waals surface area contributed by atoms with Gasteiger partial charge < -0.3 is 16.6 Å². The normalized spacial score (nSPS) is 13.7. The number of carbonyl (C=O) groups is 1. The minimum atomic E-state index is -1.21. The molecule has 0 bridgehead atoms. The third kappa shape index (κ3) is 6.81. The highest BCUT2D eigenvalue weighted by Crippen LogP contribution is 2.06. The van der Waals surface area contributed by atoms with Crippen LogP contribution in [0.1, 0.15) is 18.9 Å². The van der Waals surface area contributed by atoms with E-state index in [4.69, 9.17) is 11.5 Å². The van der Waals surface area contributed by atoms with Crippen molar-refractivity contribution in [2.24, 2.45) is 5.73 Å². The number of nitrogen functional groups attached to an aromatic ring is 1. The topological polar surface area (TPSA) is 113 Å². The van der Waals surface area contributed by atoms with Gasteiger partial charge in [-0.3, -0.25) is 10.2 Å². The second-order valence-corrected chi connectivity index (χ2v) is 6.08. The zero-order valence-electron chi connectivity index (χ0n) is 12.2. The molecule has 1 rings (SSSR count). The van der Waals surface area contributed by atoms with Gasteiger partial charge in [0.25, 0.3) is 5.91 Å². The van der Waals surface area contributed by atoms with Gasteiger partial charge in [-0.05, 0) is 35.6 Å². The van der Waals surface area contributed by atoms with Gasteiger partial charge in [-0.2, -0.15) is 11.8 Å². The lowest BCUT2D eigenvalue weighted by atomic mass is 10.1. The van der Waals surface area contributed by atoms with Crippen LogP contribution in [0.4, 0.5) is 5.69 Å². The summed E-state index contributed by atoms with van der Waals surface area (Å²) in [6.07, 6.45) is -0.613. The van der Waals surface area contributed by atoms with Crippen molar-refractivity contribution in [1.82, 2.24) is 10.9 Å². The van der Waals surface area contributed by atoms with E-state index >= 15 is 0 Å². The Balaban J connectivity index is 2.29. The van der Waals surface area contributed by atoms with Crippen LogP contribution >= 0.6 is 11.8 Å². The fourth-order valence-corrected chi connectivity index (χ4v) is 2.45. The van der Waals surface area contributed by atoms with Crippen LogP contribution in [0.25, 0.3) is 0 Å². The van der Waals surface area contributed by atoms with E-state index in [0.717, 1.165) is 17.1 Å². The smallest absolute Gasteiger partial charge is 0.264 e. The highest BCUT2D eigenvalue weighted by molar-refractivity contribution is 7.99. The van der Waals surface area contributed by atoms with Crippen LogP contribution < -0.4 is 22.3 Å². The number of hydrogen-bond donors (Lipinski definition) is 5. The summed E-state index contributed by atoms with van der Waals surface area (Å²) in [6.45, 7) is 2.48. The number of nitrogens with two attached hydrogens (primary N) is 2. The molecule has 0 aliphatic rings. The van der Waals surface area contributed by atoms with Crippen LogP contribution in [0.15, 0.2) is 24.3 Å². The summed E-state index contributed by atoms with van der Waals surface area (Å²) in [5.74, 6) is 1.31. The molecule has 0 aromatic heterocycles. The largest absolute Gasteiger partial charge is 0.399 e. The van der Waals surface area contributed by atoms with Crippen LogP contribution in [0, 0.1) is 0 Å². The molecule has 2 atom stereocenters. The molecule has 0 spiro atoms. The monoisotopic (exact) mass is 312 g/mol. The average Bonchev–Trinajstić information content (AvgIpc) is 2.46. The molecule has 6 nitrogen and oxygen atoms in total. The molecule has 0 radical (unpaired) electrons. The number of amides is 1. The van der Waals surface area contributed by atoms with Crippen molar-refractivity contribution in [2.45, 2.75) is 32.0 Å². The molecule has 1 aromatic carbocycles. The predicted octanol–water partition coefficient (Wildman–Crippen LogP) is 0.221. The van der Waals surface area contributed by atoms with E-state index in [1.54, 1.807) is 17.8 Å². The van der Waals surface area contributed by atoms with E-state index in [1.165, 1.54) is 0 Å². The summed E-state index contributed by atoms with van der Waals surface area (Å²) in [5, 5.41) is 9.82. The molecule has 0 heterocycles. The first-order chi connectivity index (χ1) is 10.0. The molecule has 0 saturated carbocycles. The summed E-state index contributed by atoms with van der Waals surface area (Å²) in [5.41, 5.74) is 18.3. The first-order valence-corrected chi connectivity index (χ1v) is 8.08. The number of carbonyl (C=O) groups excluding carboxylic acids is 1. The van der Waals surface area contributed by atoms with E-state index in [-0.39, 0.29) is 0 Å². The number of thioether (sulfide) groups is 1. The van der Waals surface area contributed by atoms with E-state index in [2.05, 4.69) is 17.8 Å². The number of nitrogens with one attached hydrogen (secondary N) is 2. The molecular weight excluding hydrogens is 288 g/mol. The molecule has 0 aliphatic heterocycles. The third-order valence-electron chi connectivity index (χ3n) is 2.93. The van der Waals surface area contributed by atoms with Crippen molar-refractivity contribution in [2.75, 3.05) is 17.2 Å². The Morgan fingerprint density at radius 2 is 2.24 bits per heavy atom. The molecule has 0 fully saturated rings. The van der Waals surface area contributed by atoms with E-state index in [1.807, 2.05) is 18.2 Å². The second kappa shape index (κ2) is 9.62. The van der Waals surface area contributed by atoms with Gasteiger partial charge in [0.05, 0.1) is 0 Å². The standard InChI is InChI=1S/C14H24N4O2S/c1-2-21-7-6-12(16)13(19)14(20)18-17-9-10-4-3-5-11(15)8-10/h3-5,8,12-13,17,19H,2,6-7,9,15-16H2,1H3,(H,18,20). The Bertz CT molecular complexity index is 445. The average molecular weight is 312 g/mol. The quantitative estimate of drug-likeness (QED) is 0.253. The Labute approximate surface area is 129 Å². The fourth-order valence-electron chi connectivity index (χ4n) is 1.73. The van der Waals surface area contributed by atoms with Crippen LogP contribution in [0.5, 0.6) is 0 Å². The predicted molar refractivity (Wildman–Crippen MR) is 87.4 cm³/mol. The highest BCUT2D eigenvalue weighted by atomic mass is 32.2. The van der Waals surface area contributed by atoms with Crippen molar-refractivity contribution in [1.29, 1.82) is 0 Å². The number of aliphatic hydroxyl groups is 1. The molecule has 1 aromatic rings. The third-order valence-corrected chi connectivity index (χ3v) is 3.86. The molecule has 0 saturated heterocycles. The summed E-state index contributed by atoms with van der Waals surface area (Å²) in [7, 11) is 0. The lowest BCUT2D eigenvalue weighted by Crippen LogP contribution is -2.50. The fraction of sp³-hybridized carbons (Fsp3) is 0.500. The number of aliphatic hydroxyl groups excluding tert-OH is 1. The summed E-state index contributed by atoms with van der Waals surface area (Å²) < 4.78 is 0. The van der Waals surface area contributed by atoms with Crippen molar-refractivity contribution >= 4 is 23.4 Å². The van der Waals surface area contributed by atoms with Gasteiger partial charge in [-0.15, -0.1) is 0 Å². The summed E-state index contributed by atoms with van der Waals surface area (Å²) in [4.78, 5) is 11.7. The maximum Gasteiger partial charge on any atom is 0.264 e. The Hall–Kier alpha value is -1.28. The number of benzene rings is 1. The van der Waals surface area contributed by atoms with Crippen molar-refractivity contribution in [3.63, 3.8) is 0 Å². The zero-order valence-corrected chi connectivity index (χ0v) is 13.0. The van der Waals surface area contributed by atoms with Gasteiger partial charge in [-0.1, -0.05) is 19.1 Å². The number of hydrazine groups is 1. The number of anilines is 1. The van der Waals surface area contributed by atoms with Gasteiger partial charge >= 0.3 is 0 Å². The maximum absolute atomic E-state index is 11.7. The van der Waals surface area contributed by atoms with Gasteiger partial charge in [0.15, 0.2) is 0 Å². The van der Waals surface area contributed by atoms with E-state index < -0.39 is 18.1 Å². The molecule has 21 heavy (non-hydrogen) atoms. The molecule has 118 valence electrons. The van der Waals surface area contributed by atoms with Crippen LogP contribution in [-0.4, -0.2) is 34.7 Å². The lowest BCUT2D eigenvalue weighted by Gasteiger charge is -2.18. The van der Waals surface area contributed by atoms with Crippen molar-refractivity contribution in [3.8, 4) is 0 Å². The zero-order chi connectivity index (χ0) is 15.7. The van der Waals surface area contributed by atoms with Gasteiger partial charge in [0.1, 0.15) is 6.10 Å². The van der Waals surface area contributed by atoms with Crippen molar-refractivity contribution in [3.05, 3.63) is 29.8 Å². The summed E-state index contributed by atoms with van der Waals surface area (Å²) >= 11 is 1.73. The van der Waals surface area contributed by atoms with E-state index in [9.17, 15) is 9.90 Å². The minimum Gasteiger partial charge on any atom is -0.399 e. The van der Waals surface area contributed by atoms with E-state index in [0.29, 0.717) is 18.7 Å². The molecule has 7 N–H and O–H groups in total. The first kappa shape index (κ1) is 17.8. The van der Waals surface area contributed by atoms with Gasteiger partial charge in [0, 0.05) is 18.3 Å². The Morgan fingerprint density at radius 1 is 1.48 bits per heavy atom. The van der Waals surface area contributed by atoms with Gasteiger partial charge in [0.2, 0.25) is 0 Å². The molecule has 0 aliphatic carbocycles. The van der Waals surface area contributed by atoms with Crippen LogP contribution in [-0.2, 0) is 11.3 Å². The molecular formula is C14H24N4O2S. The first-order valence-electron chi connectivity index (χ1n) is 6.93. The van der Waals surface area contributed by atoms with Crippen LogP contribution in [0.2, 0.25) is 0 Å². The molecule has 1 amide bonds. The Morgan fingerprint density at radius 3 is 2.90 bits per heavy atom.